The van der Waals surface area contributed by atoms with Crippen molar-refractivity contribution in [1.29, 1.82) is 0 Å². The molecule has 2 heteroatoms. The van der Waals surface area contributed by atoms with Gasteiger partial charge in [0.05, 0.1) is 0 Å². The van der Waals surface area contributed by atoms with E-state index in [1.54, 1.807) is 0 Å². The van der Waals surface area contributed by atoms with E-state index in [-0.39, 0.29) is 0 Å². The normalized spacial score (nSPS) is 31.7. The molecule has 13 heavy (non-hydrogen) atoms. The molecule has 0 aromatic heterocycles. The minimum absolute atomic E-state index is 0.767. The summed E-state index contributed by atoms with van der Waals surface area (Å²) < 4.78 is 2.74. The van der Waals surface area contributed by atoms with Crippen molar-refractivity contribution in [3.8, 4) is 0 Å². The fourth-order valence-corrected chi connectivity index (χ4v) is 5.40. The van der Waals surface area contributed by atoms with Gasteiger partial charge >= 0.3 is 0 Å². The Kier molecular flexibility index (Phi) is 3.36. The summed E-state index contributed by atoms with van der Waals surface area (Å²) in [6.07, 6.45) is 4.14. The number of rotatable bonds is 2. The zero-order valence-electron chi connectivity index (χ0n) is 9.51. The van der Waals surface area contributed by atoms with Crippen molar-refractivity contribution in [1.82, 2.24) is 4.57 Å². The average Bonchev–Trinajstić information content (AvgIpc) is 2.03. The van der Waals surface area contributed by atoms with Crippen molar-refractivity contribution in [2.75, 3.05) is 0 Å². The molecule has 1 saturated heterocycles. The molecule has 0 N–H and O–H groups in total. The van der Waals surface area contributed by atoms with E-state index in [1.165, 1.54) is 19.3 Å². The summed E-state index contributed by atoms with van der Waals surface area (Å²) in [7, 11) is -1.31. The van der Waals surface area contributed by atoms with Crippen LogP contribution < -0.4 is 0 Å². The van der Waals surface area contributed by atoms with Gasteiger partial charge in [0, 0.05) is 12.1 Å². The van der Waals surface area contributed by atoms with Crippen molar-refractivity contribution in [2.24, 2.45) is 0 Å². The van der Waals surface area contributed by atoms with E-state index < -0.39 is 8.24 Å². The molecular weight excluding hydrogens is 174 g/mol. The number of piperidine rings is 1. The molecule has 0 aliphatic carbocycles. The first kappa shape index (κ1) is 11.0. The van der Waals surface area contributed by atoms with Gasteiger partial charge in [-0.2, -0.15) is 0 Å². The Morgan fingerprint density at radius 2 is 1.69 bits per heavy atom. The predicted octanol–water partition coefficient (Wildman–Crippen LogP) is 3.18. The SMILES string of the molecule is C=C[Si](C)(C)N1C(C)CCCC1C. The van der Waals surface area contributed by atoms with Crippen LogP contribution in [0.4, 0.5) is 0 Å². The average molecular weight is 197 g/mol. The molecule has 1 rings (SSSR count). The third-order valence-electron chi connectivity index (χ3n) is 3.36. The summed E-state index contributed by atoms with van der Waals surface area (Å²) in [5, 5.41) is 0. The Hall–Kier alpha value is -0.0831. The second-order valence-corrected chi connectivity index (χ2v) is 9.13. The van der Waals surface area contributed by atoms with Gasteiger partial charge in [-0.15, -0.1) is 6.58 Å². The highest BCUT2D eigenvalue weighted by Crippen LogP contribution is 2.28. The zero-order valence-corrected chi connectivity index (χ0v) is 10.5. The van der Waals surface area contributed by atoms with Gasteiger partial charge in [0.2, 0.25) is 0 Å². The van der Waals surface area contributed by atoms with Gasteiger partial charge in [0.1, 0.15) is 8.24 Å². The Labute approximate surface area is 83.9 Å². The van der Waals surface area contributed by atoms with E-state index in [4.69, 9.17) is 0 Å². The van der Waals surface area contributed by atoms with E-state index in [9.17, 15) is 0 Å². The Bertz CT molecular complexity index is 179. The highest BCUT2D eigenvalue weighted by Gasteiger charge is 2.35. The maximum Gasteiger partial charge on any atom is 0.146 e. The van der Waals surface area contributed by atoms with Crippen molar-refractivity contribution in [2.45, 2.75) is 58.3 Å². The number of hydrogen-bond donors (Lipinski definition) is 0. The molecule has 1 nitrogen and oxygen atoms in total. The van der Waals surface area contributed by atoms with Crippen molar-refractivity contribution < 1.29 is 0 Å². The zero-order chi connectivity index (χ0) is 10.1. The van der Waals surface area contributed by atoms with Gasteiger partial charge in [-0.05, 0) is 12.8 Å². The smallest absolute Gasteiger partial charge is 0.146 e. The first-order valence-electron chi connectivity index (χ1n) is 5.41. The summed E-state index contributed by atoms with van der Waals surface area (Å²) in [5.41, 5.74) is 2.21. The molecule has 2 atom stereocenters. The minimum Gasteiger partial charge on any atom is -0.316 e. The van der Waals surface area contributed by atoms with Crippen LogP contribution in [0.2, 0.25) is 13.1 Å². The van der Waals surface area contributed by atoms with Crippen LogP contribution in [-0.4, -0.2) is 24.9 Å². The van der Waals surface area contributed by atoms with Crippen LogP contribution >= 0.6 is 0 Å². The molecule has 0 saturated carbocycles. The van der Waals surface area contributed by atoms with Crippen molar-refractivity contribution in [3.63, 3.8) is 0 Å². The van der Waals surface area contributed by atoms with E-state index in [1.807, 2.05) is 0 Å². The molecule has 76 valence electrons. The van der Waals surface area contributed by atoms with Gasteiger partial charge in [0.25, 0.3) is 0 Å². The van der Waals surface area contributed by atoms with Crippen LogP contribution in [0.25, 0.3) is 0 Å². The Morgan fingerprint density at radius 3 is 2.08 bits per heavy atom. The Morgan fingerprint density at radius 1 is 1.23 bits per heavy atom. The molecule has 1 aliphatic heterocycles. The largest absolute Gasteiger partial charge is 0.316 e. The molecule has 0 aromatic carbocycles. The Balaban J connectivity index is 2.79. The number of nitrogens with zero attached hydrogens (tertiary/aromatic N) is 1. The molecule has 2 unspecified atom stereocenters. The summed E-state index contributed by atoms with van der Waals surface area (Å²) in [6.45, 7) is 13.5. The second-order valence-electron chi connectivity index (χ2n) is 4.89. The minimum atomic E-state index is -1.31. The monoisotopic (exact) mass is 197 g/mol. The molecule has 1 aliphatic rings. The molecule has 0 amide bonds. The van der Waals surface area contributed by atoms with E-state index in [0.717, 1.165) is 12.1 Å². The van der Waals surface area contributed by atoms with Gasteiger partial charge in [-0.3, -0.25) is 0 Å². The molecular formula is C11H23NSi. The third-order valence-corrected chi connectivity index (χ3v) is 6.57. The van der Waals surface area contributed by atoms with Gasteiger partial charge < -0.3 is 4.57 Å². The van der Waals surface area contributed by atoms with E-state index in [0.29, 0.717) is 0 Å². The van der Waals surface area contributed by atoms with Gasteiger partial charge in [-0.25, -0.2) is 0 Å². The van der Waals surface area contributed by atoms with E-state index in [2.05, 4.69) is 43.8 Å². The topological polar surface area (TPSA) is 3.24 Å². The summed E-state index contributed by atoms with van der Waals surface area (Å²) in [5.74, 6) is 0. The van der Waals surface area contributed by atoms with E-state index >= 15 is 0 Å². The summed E-state index contributed by atoms with van der Waals surface area (Å²) in [6, 6.07) is 1.53. The lowest BCUT2D eigenvalue weighted by molar-refractivity contribution is 0.196. The third kappa shape index (κ3) is 2.23. The van der Waals surface area contributed by atoms with Crippen LogP contribution in [0.1, 0.15) is 33.1 Å². The highest BCUT2D eigenvalue weighted by molar-refractivity contribution is 6.79. The van der Waals surface area contributed by atoms with Crippen LogP contribution in [0, 0.1) is 0 Å². The molecule has 1 heterocycles. The van der Waals surface area contributed by atoms with Crippen molar-refractivity contribution >= 4 is 8.24 Å². The van der Waals surface area contributed by atoms with Crippen LogP contribution in [-0.2, 0) is 0 Å². The maximum absolute atomic E-state index is 4.00. The maximum atomic E-state index is 4.00. The molecule has 0 spiro atoms. The van der Waals surface area contributed by atoms with Crippen LogP contribution in [0.5, 0.6) is 0 Å². The highest BCUT2D eigenvalue weighted by atomic mass is 28.3. The predicted molar refractivity (Wildman–Crippen MR) is 62.3 cm³/mol. The standard InChI is InChI=1S/C11H23NSi/c1-6-13(4,5)12-10(2)8-7-9-11(12)3/h6,10-11H,1,7-9H2,2-5H3. The lowest BCUT2D eigenvalue weighted by Gasteiger charge is -2.47. The molecule has 1 fully saturated rings. The fraction of sp³-hybridized carbons (Fsp3) is 0.818. The lowest BCUT2D eigenvalue weighted by atomic mass is 10.0. The van der Waals surface area contributed by atoms with Crippen LogP contribution in [0.15, 0.2) is 12.3 Å². The molecule has 0 radical (unpaired) electrons. The van der Waals surface area contributed by atoms with Gasteiger partial charge in [-0.1, -0.05) is 39.1 Å². The fourth-order valence-electron chi connectivity index (χ4n) is 2.66. The second kappa shape index (κ2) is 3.97. The van der Waals surface area contributed by atoms with Crippen LogP contribution in [0.3, 0.4) is 0 Å². The first-order valence-corrected chi connectivity index (χ1v) is 8.43. The van der Waals surface area contributed by atoms with Crippen molar-refractivity contribution in [3.05, 3.63) is 12.3 Å². The quantitative estimate of drug-likeness (QED) is 0.615. The summed E-state index contributed by atoms with van der Waals surface area (Å²) in [4.78, 5) is 0. The first-order chi connectivity index (χ1) is 5.99. The lowest BCUT2D eigenvalue weighted by Crippen LogP contribution is -2.57. The molecule has 0 bridgehead atoms. The van der Waals surface area contributed by atoms with Gasteiger partial charge in [0.15, 0.2) is 0 Å². The number of hydrogen-bond acceptors (Lipinski definition) is 1. The molecule has 0 aromatic rings. The summed E-state index contributed by atoms with van der Waals surface area (Å²) >= 11 is 0.